The Balaban J connectivity index is 1.73. The number of hydrogen-bond acceptors (Lipinski definition) is 2. The average Bonchev–Trinajstić information content (AvgIpc) is 2.86. The fourth-order valence-corrected chi connectivity index (χ4v) is 4.21. The van der Waals surface area contributed by atoms with Crippen LogP contribution < -0.4 is 5.73 Å². The number of fused-ring (bicyclic) bond motifs is 1. The van der Waals surface area contributed by atoms with Crippen molar-refractivity contribution in [3.8, 4) is 0 Å². The van der Waals surface area contributed by atoms with Crippen LogP contribution in [0.25, 0.3) is 0 Å². The van der Waals surface area contributed by atoms with Crippen molar-refractivity contribution in [2.75, 3.05) is 13.1 Å². The van der Waals surface area contributed by atoms with Crippen molar-refractivity contribution < 1.29 is 0 Å². The molecule has 0 spiro atoms. The minimum Gasteiger partial charge on any atom is -0.327 e. The van der Waals surface area contributed by atoms with Gasteiger partial charge in [0.15, 0.2) is 0 Å². The maximum Gasteiger partial charge on any atom is 0.0239 e. The molecule has 2 heteroatoms. The van der Waals surface area contributed by atoms with Gasteiger partial charge in [-0.05, 0) is 62.1 Å². The summed E-state index contributed by atoms with van der Waals surface area (Å²) in [6, 6.07) is 5.07. The Morgan fingerprint density at radius 2 is 1.79 bits per heavy atom. The number of aryl methyl sites for hydroxylation is 3. The lowest BCUT2D eigenvalue weighted by molar-refractivity contribution is 0.297. The maximum atomic E-state index is 6.23. The zero-order valence-electron chi connectivity index (χ0n) is 12.4. The number of rotatable bonds is 2. The highest BCUT2D eigenvalue weighted by Crippen LogP contribution is 2.38. The summed E-state index contributed by atoms with van der Waals surface area (Å²) in [6.07, 6.45) is 2.58. The van der Waals surface area contributed by atoms with Gasteiger partial charge in [-0.25, -0.2) is 0 Å². The molecule has 0 aromatic heterocycles. The average molecular weight is 258 g/mol. The minimum absolute atomic E-state index is 0.454. The zero-order valence-corrected chi connectivity index (χ0v) is 12.4. The molecule has 2 aliphatic rings. The van der Waals surface area contributed by atoms with Gasteiger partial charge in [0.2, 0.25) is 0 Å². The van der Waals surface area contributed by atoms with Crippen molar-refractivity contribution in [3.63, 3.8) is 0 Å². The van der Waals surface area contributed by atoms with E-state index in [4.69, 9.17) is 5.73 Å². The second-order valence-electron chi connectivity index (χ2n) is 6.74. The Hall–Kier alpha value is -0.860. The van der Waals surface area contributed by atoms with Crippen molar-refractivity contribution in [1.29, 1.82) is 0 Å². The third-order valence-corrected chi connectivity index (χ3v) is 5.21. The van der Waals surface area contributed by atoms with Crippen molar-refractivity contribution in [1.82, 2.24) is 4.90 Å². The number of hydrogen-bond donors (Lipinski definition) is 1. The minimum atomic E-state index is 0.454. The highest BCUT2D eigenvalue weighted by Gasteiger charge is 2.40. The van der Waals surface area contributed by atoms with Crippen LogP contribution in [0.4, 0.5) is 0 Å². The second-order valence-corrected chi connectivity index (χ2v) is 6.74. The lowest BCUT2D eigenvalue weighted by atomic mass is 9.98. The molecular formula is C17H26N2. The van der Waals surface area contributed by atoms with E-state index < -0.39 is 0 Å². The molecule has 1 aliphatic carbocycles. The van der Waals surface area contributed by atoms with Crippen molar-refractivity contribution in [3.05, 3.63) is 34.4 Å². The predicted octanol–water partition coefficient (Wildman–Crippen LogP) is 2.78. The lowest BCUT2D eigenvalue weighted by Gasteiger charge is -2.21. The number of likely N-dealkylation sites (tertiary alicyclic amines) is 1. The van der Waals surface area contributed by atoms with Crippen LogP contribution in [0.15, 0.2) is 12.1 Å². The van der Waals surface area contributed by atoms with Gasteiger partial charge in [-0.15, -0.1) is 0 Å². The van der Waals surface area contributed by atoms with Crippen LogP contribution in [-0.4, -0.2) is 24.0 Å². The summed E-state index contributed by atoms with van der Waals surface area (Å²) in [5, 5.41) is 0. The predicted molar refractivity (Wildman–Crippen MR) is 80.1 cm³/mol. The van der Waals surface area contributed by atoms with E-state index >= 15 is 0 Å². The third-order valence-electron chi connectivity index (χ3n) is 5.21. The van der Waals surface area contributed by atoms with Crippen molar-refractivity contribution in [2.24, 2.45) is 17.6 Å². The quantitative estimate of drug-likeness (QED) is 0.884. The van der Waals surface area contributed by atoms with E-state index in [9.17, 15) is 0 Å². The topological polar surface area (TPSA) is 29.3 Å². The maximum absolute atomic E-state index is 6.23. The van der Waals surface area contributed by atoms with E-state index in [2.05, 4.69) is 37.8 Å². The largest absolute Gasteiger partial charge is 0.327 e. The molecule has 3 unspecified atom stereocenters. The molecule has 3 atom stereocenters. The number of nitrogens with two attached hydrogens (primary N) is 1. The molecule has 2 N–H and O–H groups in total. The van der Waals surface area contributed by atoms with Gasteiger partial charge in [0, 0.05) is 25.7 Å². The van der Waals surface area contributed by atoms with Gasteiger partial charge < -0.3 is 5.73 Å². The van der Waals surface area contributed by atoms with E-state index in [0.29, 0.717) is 6.04 Å². The molecule has 1 aromatic rings. The molecule has 1 saturated carbocycles. The first-order chi connectivity index (χ1) is 9.04. The summed E-state index contributed by atoms with van der Waals surface area (Å²) < 4.78 is 0. The van der Waals surface area contributed by atoms with Crippen molar-refractivity contribution in [2.45, 2.75) is 46.2 Å². The lowest BCUT2D eigenvalue weighted by Crippen LogP contribution is -2.30. The highest BCUT2D eigenvalue weighted by atomic mass is 15.2. The fraction of sp³-hybridized carbons (Fsp3) is 0.647. The Kier molecular flexibility index (Phi) is 3.40. The zero-order chi connectivity index (χ0) is 13.6. The summed E-state index contributed by atoms with van der Waals surface area (Å²) >= 11 is 0. The molecule has 1 aliphatic heterocycles. The standard InChI is InChI=1S/C17H26N2/c1-11-6-12(2)15(13(3)7-11)9-19-8-14-4-5-17(18)16(14)10-19/h6-7,14,16-17H,4-5,8-10,18H2,1-3H3. The summed E-state index contributed by atoms with van der Waals surface area (Å²) in [5.74, 6) is 1.62. The van der Waals surface area contributed by atoms with Gasteiger partial charge in [-0.3, -0.25) is 4.90 Å². The molecule has 0 radical (unpaired) electrons. The molecule has 104 valence electrons. The van der Waals surface area contributed by atoms with Crippen LogP contribution >= 0.6 is 0 Å². The van der Waals surface area contributed by atoms with Crippen LogP contribution in [0.1, 0.15) is 35.1 Å². The number of nitrogens with zero attached hydrogens (tertiary/aromatic N) is 1. The van der Waals surface area contributed by atoms with Crippen LogP contribution in [0.3, 0.4) is 0 Å². The molecule has 0 bridgehead atoms. The van der Waals surface area contributed by atoms with E-state index in [1.807, 2.05) is 0 Å². The Labute approximate surface area is 117 Å². The first kappa shape index (κ1) is 13.1. The summed E-state index contributed by atoms with van der Waals surface area (Å²) in [5.41, 5.74) is 12.0. The van der Waals surface area contributed by atoms with Crippen LogP contribution in [0, 0.1) is 32.6 Å². The number of benzene rings is 1. The van der Waals surface area contributed by atoms with E-state index in [1.165, 1.54) is 48.2 Å². The normalized spacial score (nSPS) is 30.8. The molecular weight excluding hydrogens is 232 g/mol. The van der Waals surface area contributed by atoms with Gasteiger partial charge in [0.05, 0.1) is 0 Å². The molecule has 1 heterocycles. The SMILES string of the molecule is Cc1cc(C)c(CN2CC3CCC(N)C3C2)c(C)c1. The van der Waals surface area contributed by atoms with Crippen molar-refractivity contribution >= 4 is 0 Å². The Morgan fingerprint density at radius 3 is 2.42 bits per heavy atom. The van der Waals surface area contributed by atoms with E-state index in [0.717, 1.165) is 18.4 Å². The molecule has 19 heavy (non-hydrogen) atoms. The first-order valence-corrected chi connectivity index (χ1v) is 7.59. The summed E-state index contributed by atoms with van der Waals surface area (Å²) in [6.45, 7) is 10.3. The van der Waals surface area contributed by atoms with E-state index in [1.54, 1.807) is 0 Å². The molecule has 3 rings (SSSR count). The molecule has 1 saturated heterocycles. The van der Waals surface area contributed by atoms with Gasteiger partial charge in [-0.2, -0.15) is 0 Å². The van der Waals surface area contributed by atoms with Gasteiger partial charge in [0.1, 0.15) is 0 Å². The monoisotopic (exact) mass is 258 g/mol. The Bertz CT molecular complexity index is 457. The Morgan fingerprint density at radius 1 is 1.11 bits per heavy atom. The highest BCUT2D eigenvalue weighted by molar-refractivity contribution is 5.37. The fourth-order valence-electron chi connectivity index (χ4n) is 4.21. The van der Waals surface area contributed by atoms with Gasteiger partial charge in [0.25, 0.3) is 0 Å². The van der Waals surface area contributed by atoms with Gasteiger partial charge in [-0.1, -0.05) is 17.7 Å². The van der Waals surface area contributed by atoms with Gasteiger partial charge >= 0.3 is 0 Å². The first-order valence-electron chi connectivity index (χ1n) is 7.59. The van der Waals surface area contributed by atoms with Crippen LogP contribution in [0.5, 0.6) is 0 Å². The smallest absolute Gasteiger partial charge is 0.0239 e. The van der Waals surface area contributed by atoms with Crippen LogP contribution in [-0.2, 0) is 6.54 Å². The van der Waals surface area contributed by atoms with E-state index in [-0.39, 0.29) is 0 Å². The second kappa shape index (κ2) is 4.92. The molecule has 0 amide bonds. The molecule has 2 fully saturated rings. The summed E-state index contributed by atoms with van der Waals surface area (Å²) in [7, 11) is 0. The molecule has 2 nitrogen and oxygen atoms in total. The summed E-state index contributed by atoms with van der Waals surface area (Å²) in [4.78, 5) is 2.62. The third kappa shape index (κ3) is 2.44. The van der Waals surface area contributed by atoms with Crippen LogP contribution in [0.2, 0.25) is 0 Å². The molecule has 1 aromatic carbocycles.